The van der Waals surface area contributed by atoms with Crippen molar-refractivity contribution in [2.75, 3.05) is 11.5 Å². The Labute approximate surface area is 175 Å². The Bertz CT molecular complexity index is 1010. The van der Waals surface area contributed by atoms with E-state index < -0.39 is 41.2 Å². The van der Waals surface area contributed by atoms with Gasteiger partial charge in [-0.15, -0.1) is 0 Å². The van der Waals surface area contributed by atoms with Gasteiger partial charge in [0.25, 0.3) is 5.91 Å². The van der Waals surface area contributed by atoms with Gasteiger partial charge >= 0.3 is 6.18 Å². The van der Waals surface area contributed by atoms with Crippen molar-refractivity contribution >= 4 is 28.9 Å². The largest absolute Gasteiger partial charge is 0.417 e. The molecule has 0 bridgehead atoms. The Kier molecular flexibility index (Phi) is 6.49. The number of alkyl halides is 3. The zero-order valence-corrected chi connectivity index (χ0v) is 16.8. The number of anilines is 1. The summed E-state index contributed by atoms with van der Waals surface area (Å²) in [7, 11) is 0. The highest BCUT2D eigenvalue weighted by Gasteiger charge is 2.51. The quantitative estimate of drug-likeness (QED) is 0.423. The lowest BCUT2D eigenvalue weighted by atomic mass is 10.0. The lowest BCUT2D eigenvalue weighted by molar-refractivity contribution is -0.137. The van der Waals surface area contributed by atoms with Gasteiger partial charge in [0.05, 0.1) is 29.5 Å². The zero-order valence-electron chi connectivity index (χ0n) is 16.0. The number of rotatable bonds is 5. The Morgan fingerprint density at radius 3 is 2.53 bits per heavy atom. The molecule has 1 aliphatic heterocycles. The molecule has 1 aromatic rings. The van der Waals surface area contributed by atoms with E-state index in [1.807, 2.05) is 0 Å². The molecule has 1 amide bonds. The number of hydrogen-bond acceptors (Lipinski definition) is 4. The number of thiocarbonyl (C=S) groups is 1. The number of nitriles is 1. The molecule has 0 unspecified atom stereocenters. The number of aliphatic hydroxyl groups is 1. The van der Waals surface area contributed by atoms with Gasteiger partial charge in [-0.2, -0.15) is 18.4 Å². The second-order valence-electron chi connectivity index (χ2n) is 6.73. The Morgan fingerprint density at radius 1 is 1.40 bits per heavy atom. The summed E-state index contributed by atoms with van der Waals surface area (Å²) in [6.45, 7) is 5.57. The smallest absolute Gasteiger partial charge is 0.389 e. The van der Waals surface area contributed by atoms with Gasteiger partial charge in [0.15, 0.2) is 5.11 Å². The van der Waals surface area contributed by atoms with Crippen molar-refractivity contribution in [3.63, 3.8) is 0 Å². The molecule has 10 heteroatoms. The first-order chi connectivity index (χ1) is 13.9. The van der Waals surface area contributed by atoms with E-state index in [-0.39, 0.29) is 16.5 Å². The first-order valence-electron chi connectivity index (χ1n) is 8.49. The highest BCUT2D eigenvalue weighted by molar-refractivity contribution is 7.80. The molecule has 0 atom stereocenters. The number of amides is 1. The Balaban J connectivity index is 2.65. The van der Waals surface area contributed by atoms with Gasteiger partial charge in [0.1, 0.15) is 11.4 Å². The molecule has 0 spiro atoms. The minimum atomic E-state index is -4.82. The minimum absolute atomic E-state index is 0.0760. The Morgan fingerprint density at radius 2 is 2.03 bits per heavy atom. The average Bonchev–Trinajstić information content (AvgIpc) is 2.84. The lowest BCUT2D eigenvalue weighted by Gasteiger charge is -2.30. The summed E-state index contributed by atoms with van der Waals surface area (Å²) < 4.78 is 53.8. The van der Waals surface area contributed by atoms with E-state index in [9.17, 15) is 22.4 Å². The highest BCUT2D eigenvalue weighted by atomic mass is 32.1. The molecule has 2 rings (SSSR count). The number of hydrogen-bond donors (Lipinski definition) is 1. The molecule has 1 saturated heterocycles. The number of allylic oxidation sites excluding steroid dienone is 3. The van der Waals surface area contributed by atoms with E-state index in [2.05, 4.69) is 6.58 Å². The van der Waals surface area contributed by atoms with E-state index in [1.54, 1.807) is 0 Å². The standard InChI is InChI=1S/C20H17F4N3O2S/c1-4-5-15(8-13(21)11-28)27-18(30)26(17(29)19(27,2)3)14-7-6-12(10-25)16(9-14)20(22,23)24/h4-9,28H,1,11H2,2-3H3/b13-8+,15-5+. The van der Waals surface area contributed by atoms with E-state index in [1.165, 1.54) is 43.0 Å². The van der Waals surface area contributed by atoms with Crippen LogP contribution in [0.15, 0.2) is 54.5 Å². The predicted molar refractivity (Wildman–Crippen MR) is 107 cm³/mol. The summed E-state index contributed by atoms with van der Waals surface area (Å²) >= 11 is 5.34. The van der Waals surface area contributed by atoms with Crippen LogP contribution in [0, 0.1) is 11.3 Å². The van der Waals surface area contributed by atoms with Crippen LogP contribution < -0.4 is 4.90 Å². The van der Waals surface area contributed by atoms with Gasteiger partial charge in [-0.1, -0.05) is 12.7 Å². The summed E-state index contributed by atoms with van der Waals surface area (Å²) in [6, 6.07) is 4.27. The molecule has 1 aromatic carbocycles. The third kappa shape index (κ3) is 4.13. The number of aliphatic hydroxyl groups excluding tert-OH is 1. The highest BCUT2D eigenvalue weighted by Crippen LogP contribution is 2.39. The van der Waals surface area contributed by atoms with E-state index >= 15 is 0 Å². The van der Waals surface area contributed by atoms with Crippen molar-refractivity contribution < 1.29 is 27.5 Å². The van der Waals surface area contributed by atoms with Gasteiger partial charge in [-0.05, 0) is 56.4 Å². The molecule has 0 saturated carbocycles. The molecule has 1 heterocycles. The van der Waals surface area contributed by atoms with Gasteiger partial charge < -0.3 is 10.0 Å². The van der Waals surface area contributed by atoms with Crippen LogP contribution in [0.4, 0.5) is 23.2 Å². The number of benzene rings is 1. The van der Waals surface area contributed by atoms with Crippen molar-refractivity contribution in [1.29, 1.82) is 5.26 Å². The molecular formula is C20H17F4N3O2S. The van der Waals surface area contributed by atoms with Crippen LogP contribution in [-0.4, -0.2) is 33.2 Å². The van der Waals surface area contributed by atoms with Gasteiger partial charge in [-0.3, -0.25) is 9.69 Å². The first-order valence-corrected chi connectivity index (χ1v) is 8.90. The molecule has 5 nitrogen and oxygen atoms in total. The second-order valence-corrected chi connectivity index (χ2v) is 7.10. The molecule has 1 aliphatic rings. The van der Waals surface area contributed by atoms with E-state index in [0.717, 1.165) is 17.0 Å². The normalized spacial score (nSPS) is 17.4. The van der Waals surface area contributed by atoms with Crippen LogP contribution in [0.5, 0.6) is 0 Å². The Hall–Kier alpha value is -3.03. The molecule has 1 fully saturated rings. The fourth-order valence-corrected chi connectivity index (χ4v) is 3.50. The van der Waals surface area contributed by atoms with Gasteiger partial charge in [0, 0.05) is 5.70 Å². The lowest BCUT2D eigenvalue weighted by Crippen LogP contribution is -2.43. The predicted octanol–water partition coefficient (Wildman–Crippen LogP) is 4.20. The summed E-state index contributed by atoms with van der Waals surface area (Å²) in [5.74, 6) is -1.57. The maximum Gasteiger partial charge on any atom is 0.417 e. The molecule has 0 aliphatic carbocycles. The van der Waals surface area contributed by atoms with Crippen LogP contribution in [0.1, 0.15) is 25.0 Å². The monoisotopic (exact) mass is 439 g/mol. The van der Waals surface area contributed by atoms with Crippen molar-refractivity contribution in [1.82, 2.24) is 4.90 Å². The van der Waals surface area contributed by atoms with Gasteiger partial charge in [0.2, 0.25) is 0 Å². The van der Waals surface area contributed by atoms with Crippen molar-refractivity contribution in [2.24, 2.45) is 0 Å². The number of nitrogens with zero attached hydrogens (tertiary/aromatic N) is 3. The summed E-state index contributed by atoms with van der Waals surface area (Å²) in [6.07, 6.45) is -1.21. The molecule has 0 radical (unpaired) electrons. The summed E-state index contributed by atoms with van der Waals surface area (Å²) in [4.78, 5) is 15.2. The zero-order chi connectivity index (χ0) is 22.9. The number of halogens is 4. The van der Waals surface area contributed by atoms with E-state index in [4.69, 9.17) is 22.6 Å². The van der Waals surface area contributed by atoms with E-state index in [0.29, 0.717) is 6.07 Å². The van der Waals surface area contributed by atoms with Gasteiger partial charge in [-0.25, -0.2) is 4.39 Å². The van der Waals surface area contributed by atoms with Crippen molar-refractivity contribution in [3.8, 4) is 6.07 Å². The van der Waals surface area contributed by atoms with Crippen molar-refractivity contribution in [2.45, 2.75) is 25.6 Å². The molecular weight excluding hydrogens is 422 g/mol. The summed E-state index contributed by atoms with van der Waals surface area (Å²) in [5, 5.41) is 17.7. The maximum atomic E-state index is 13.7. The van der Waals surface area contributed by atoms with Crippen LogP contribution in [0.2, 0.25) is 0 Å². The van der Waals surface area contributed by atoms with Crippen LogP contribution in [0.3, 0.4) is 0 Å². The topological polar surface area (TPSA) is 67.6 Å². The first kappa shape index (κ1) is 23.3. The minimum Gasteiger partial charge on any atom is -0.389 e. The SMILES string of the molecule is C=C/C=C(\C=C(\F)CO)N1C(=S)N(c2ccc(C#N)c(C(F)(F)F)c2)C(=O)C1(C)C. The fourth-order valence-electron chi connectivity index (χ4n) is 2.97. The molecule has 30 heavy (non-hydrogen) atoms. The number of carbonyl (C=O) groups excluding carboxylic acids is 1. The summed E-state index contributed by atoms with van der Waals surface area (Å²) in [5.41, 5.74) is -3.30. The third-order valence-corrected chi connectivity index (χ3v) is 4.72. The molecule has 1 N–H and O–H groups in total. The fraction of sp³-hybridized carbons (Fsp3) is 0.250. The molecule has 158 valence electrons. The van der Waals surface area contributed by atoms with Crippen molar-refractivity contribution in [3.05, 3.63) is 65.7 Å². The number of carbonyl (C=O) groups is 1. The third-order valence-electron chi connectivity index (χ3n) is 4.36. The maximum absolute atomic E-state index is 13.7. The average molecular weight is 439 g/mol. The second kappa shape index (κ2) is 8.38. The van der Waals surface area contributed by atoms with Crippen LogP contribution >= 0.6 is 12.2 Å². The van der Waals surface area contributed by atoms with Crippen LogP contribution in [0.25, 0.3) is 0 Å². The molecule has 0 aromatic heterocycles. The van der Waals surface area contributed by atoms with Crippen LogP contribution in [-0.2, 0) is 11.0 Å².